The van der Waals surface area contributed by atoms with E-state index >= 15 is 0 Å². The van der Waals surface area contributed by atoms with Crippen LogP contribution < -0.4 is 4.74 Å². The number of fused-ring (bicyclic) bond motifs is 1. The average molecular weight is 290 g/mol. The molecule has 1 saturated heterocycles. The predicted octanol–water partition coefficient (Wildman–Crippen LogP) is 1.00. The Kier molecular flexibility index (Phi) is 3.82. The zero-order valence-electron chi connectivity index (χ0n) is 11.6. The van der Waals surface area contributed by atoms with Crippen molar-refractivity contribution in [3.8, 4) is 5.75 Å². The normalized spacial score (nSPS) is 29.0. The molecule has 0 bridgehead atoms. The first kappa shape index (κ1) is 14.3. The van der Waals surface area contributed by atoms with E-state index in [0.29, 0.717) is 11.3 Å². The second-order valence-corrected chi connectivity index (χ2v) is 5.20. The molecule has 0 radical (unpaired) electrons. The minimum Gasteiger partial charge on any atom is -0.496 e. The van der Waals surface area contributed by atoms with E-state index in [9.17, 15) is 15.3 Å². The zero-order valence-corrected chi connectivity index (χ0v) is 11.6. The third-order valence-electron chi connectivity index (χ3n) is 3.95. The predicted molar refractivity (Wildman–Crippen MR) is 77.2 cm³/mol. The van der Waals surface area contributed by atoms with Crippen molar-refractivity contribution in [2.24, 2.45) is 0 Å². The molecule has 1 fully saturated rings. The van der Waals surface area contributed by atoms with Crippen molar-refractivity contribution in [3.63, 3.8) is 0 Å². The topological polar surface area (TPSA) is 79.2 Å². The second-order valence-electron chi connectivity index (χ2n) is 5.20. The molecular weight excluding hydrogens is 272 g/mol. The lowest BCUT2D eigenvalue weighted by Gasteiger charge is -2.19. The Hall–Kier alpha value is -1.66. The monoisotopic (exact) mass is 290 g/mol. The molecule has 1 aliphatic heterocycles. The van der Waals surface area contributed by atoms with E-state index in [1.54, 1.807) is 7.11 Å². The van der Waals surface area contributed by atoms with Gasteiger partial charge in [0.05, 0.1) is 13.7 Å². The van der Waals surface area contributed by atoms with Gasteiger partial charge in [-0.25, -0.2) is 0 Å². The molecular formula is C16H18O5. The Balaban J connectivity index is 2.07. The lowest BCUT2D eigenvalue weighted by molar-refractivity contribution is -0.0232. The number of aliphatic hydroxyl groups is 3. The van der Waals surface area contributed by atoms with Gasteiger partial charge in [-0.3, -0.25) is 0 Å². The molecule has 2 unspecified atom stereocenters. The fourth-order valence-electron chi connectivity index (χ4n) is 2.79. The van der Waals surface area contributed by atoms with Crippen molar-refractivity contribution in [1.82, 2.24) is 0 Å². The molecule has 1 heterocycles. The molecule has 112 valence electrons. The molecule has 5 heteroatoms. The van der Waals surface area contributed by atoms with Crippen molar-refractivity contribution in [2.45, 2.75) is 24.4 Å². The number of hydrogen-bond acceptors (Lipinski definition) is 5. The molecule has 5 nitrogen and oxygen atoms in total. The van der Waals surface area contributed by atoms with Crippen molar-refractivity contribution < 1.29 is 24.8 Å². The summed E-state index contributed by atoms with van der Waals surface area (Å²) in [7, 11) is 1.55. The van der Waals surface area contributed by atoms with Crippen LogP contribution in [0.25, 0.3) is 10.8 Å². The maximum atomic E-state index is 10.2. The summed E-state index contributed by atoms with van der Waals surface area (Å²) in [5.74, 6) is 0.587. The highest BCUT2D eigenvalue weighted by Crippen LogP contribution is 2.39. The van der Waals surface area contributed by atoms with Crippen LogP contribution in [0.2, 0.25) is 0 Å². The standard InChI is InChI=1S/C16H18O5/c1-20-12-7-10-5-3-2-4-9(10)6-11(12)16-15(19)14(18)13(8-17)21-16/h2-7,13-19H,8H2,1H3/t13-,14?,15?,16+/m1/s1. The summed E-state index contributed by atoms with van der Waals surface area (Å²) >= 11 is 0. The summed E-state index contributed by atoms with van der Waals surface area (Å²) in [6, 6.07) is 11.6. The molecule has 3 rings (SSSR count). The summed E-state index contributed by atoms with van der Waals surface area (Å²) in [6.45, 7) is -0.343. The van der Waals surface area contributed by atoms with Gasteiger partial charge in [-0.05, 0) is 22.9 Å². The molecule has 0 aromatic heterocycles. The first-order valence-corrected chi connectivity index (χ1v) is 6.85. The van der Waals surface area contributed by atoms with Gasteiger partial charge in [0.1, 0.15) is 30.2 Å². The average Bonchev–Trinajstić information content (AvgIpc) is 2.81. The van der Waals surface area contributed by atoms with E-state index in [1.165, 1.54) is 0 Å². The quantitative estimate of drug-likeness (QED) is 0.786. The molecule has 0 amide bonds. The van der Waals surface area contributed by atoms with Crippen LogP contribution in [0.15, 0.2) is 36.4 Å². The maximum absolute atomic E-state index is 10.2. The first-order chi connectivity index (χ1) is 10.2. The van der Waals surface area contributed by atoms with Crippen molar-refractivity contribution >= 4 is 10.8 Å². The lowest BCUT2D eigenvalue weighted by atomic mass is 9.97. The van der Waals surface area contributed by atoms with Crippen LogP contribution in [0.3, 0.4) is 0 Å². The number of aliphatic hydroxyl groups excluding tert-OH is 3. The fourth-order valence-corrected chi connectivity index (χ4v) is 2.79. The fraction of sp³-hybridized carbons (Fsp3) is 0.375. The Labute approximate surface area is 122 Å². The number of rotatable bonds is 3. The molecule has 0 spiro atoms. The van der Waals surface area contributed by atoms with E-state index in [1.807, 2.05) is 36.4 Å². The lowest BCUT2D eigenvalue weighted by Crippen LogP contribution is -2.32. The zero-order chi connectivity index (χ0) is 15.0. The molecule has 2 aromatic carbocycles. The summed E-state index contributed by atoms with van der Waals surface area (Å²) in [6.07, 6.45) is -3.73. The summed E-state index contributed by atoms with van der Waals surface area (Å²) in [4.78, 5) is 0. The smallest absolute Gasteiger partial charge is 0.125 e. The van der Waals surface area contributed by atoms with E-state index < -0.39 is 24.4 Å². The SMILES string of the molecule is COc1cc2ccccc2cc1[C@@H]1O[C@H](CO)C(O)C1O. The Morgan fingerprint density at radius 2 is 1.76 bits per heavy atom. The number of hydrogen-bond donors (Lipinski definition) is 3. The van der Waals surface area contributed by atoms with Crippen molar-refractivity contribution in [1.29, 1.82) is 0 Å². The van der Waals surface area contributed by atoms with Gasteiger partial charge in [0.2, 0.25) is 0 Å². The van der Waals surface area contributed by atoms with Crippen LogP contribution in [0.5, 0.6) is 5.75 Å². The third-order valence-corrected chi connectivity index (χ3v) is 3.95. The first-order valence-electron chi connectivity index (χ1n) is 6.85. The minimum atomic E-state index is -1.11. The largest absolute Gasteiger partial charge is 0.496 e. The highest BCUT2D eigenvalue weighted by Gasteiger charge is 2.44. The van der Waals surface area contributed by atoms with Crippen LogP contribution in [0.4, 0.5) is 0 Å². The second kappa shape index (κ2) is 5.61. The van der Waals surface area contributed by atoms with E-state index in [-0.39, 0.29) is 6.61 Å². The van der Waals surface area contributed by atoms with Gasteiger partial charge in [-0.15, -0.1) is 0 Å². The third kappa shape index (κ3) is 2.38. The van der Waals surface area contributed by atoms with Gasteiger partial charge in [0, 0.05) is 5.56 Å². The van der Waals surface area contributed by atoms with Crippen LogP contribution in [0.1, 0.15) is 11.7 Å². The van der Waals surface area contributed by atoms with E-state index in [0.717, 1.165) is 10.8 Å². The van der Waals surface area contributed by atoms with E-state index in [4.69, 9.17) is 9.47 Å². The van der Waals surface area contributed by atoms with E-state index in [2.05, 4.69) is 0 Å². The van der Waals surface area contributed by atoms with Crippen LogP contribution in [-0.4, -0.2) is 47.3 Å². The maximum Gasteiger partial charge on any atom is 0.125 e. The molecule has 3 N–H and O–H groups in total. The highest BCUT2D eigenvalue weighted by molar-refractivity contribution is 5.85. The van der Waals surface area contributed by atoms with Gasteiger partial charge in [0.15, 0.2) is 0 Å². The summed E-state index contributed by atoms with van der Waals surface area (Å²) in [5.41, 5.74) is 0.665. The van der Waals surface area contributed by atoms with Gasteiger partial charge in [0.25, 0.3) is 0 Å². The Morgan fingerprint density at radius 3 is 2.33 bits per heavy atom. The number of benzene rings is 2. The molecule has 0 saturated carbocycles. The molecule has 21 heavy (non-hydrogen) atoms. The van der Waals surface area contributed by atoms with Crippen LogP contribution in [0, 0.1) is 0 Å². The molecule has 4 atom stereocenters. The van der Waals surface area contributed by atoms with Gasteiger partial charge >= 0.3 is 0 Å². The van der Waals surface area contributed by atoms with Crippen LogP contribution >= 0.6 is 0 Å². The number of ether oxygens (including phenoxy) is 2. The van der Waals surface area contributed by atoms with Gasteiger partial charge < -0.3 is 24.8 Å². The molecule has 2 aromatic rings. The van der Waals surface area contributed by atoms with Gasteiger partial charge in [-0.2, -0.15) is 0 Å². The molecule has 0 aliphatic carbocycles. The van der Waals surface area contributed by atoms with Crippen LogP contribution in [-0.2, 0) is 4.74 Å². The Bertz CT molecular complexity index is 642. The van der Waals surface area contributed by atoms with Gasteiger partial charge in [-0.1, -0.05) is 24.3 Å². The minimum absolute atomic E-state index is 0.343. The van der Waals surface area contributed by atoms with Crippen molar-refractivity contribution in [2.75, 3.05) is 13.7 Å². The summed E-state index contributed by atoms with van der Waals surface area (Å²) in [5, 5.41) is 31.3. The summed E-state index contributed by atoms with van der Waals surface area (Å²) < 4.78 is 11.0. The highest BCUT2D eigenvalue weighted by atomic mass is 16.6. The van der Waals surface area contributed by atoms with Crippen molar-refractivity contribution in [3.05, 3.63) is 42.0 Å². The Morgan fingerprint density at radius 1 is 1.10 bits per heavy atom. The molecule has 1 aliphatic rings. The number of methoxy groups -OCH3 is 1.